The SMILES string of the molecule is CN(C)c1ccc(CN(C(=O)c2cc(-c3ccccc3)on2)[C@H]2CCS(=O)(=O)C2)cc1. The number of carbonyl (C=O) groups excluding carboxylic acids is 1. The van der Waals surface area contributed by atoms with Gasteiger partial charge in [-0.15, -0.1) is 0 Å². The number of sulfone groups is 1. The molecule has 8 heteroatoms. The van der Waals surface area contributed by atoms with E-state index >= 15 is 0 Å². The number of aromatic nitrogens is 1. The molecule has 0 N–H and O–H groups in total. The minimum Gasteiger partial charge on any atom is -0.378 e. The smallest absolute Gasteiger partial charge is 0.276 e. The van der Waals surface area contributed by atoms with E-state index in [4.69, 9.17) is 4.52 Å². The number of nitrogens with zero attached hydrogens (tertiary/aromatic N) is 3. The van der Waals surface area contributed by atoms with E-state index in [1.54, 1.807) is 11.0 Å². The van der Waals surface area contributed by atoms with Crippen molar-refractivity contribution >= 4 is 21.4 Å². The Morgan fingerprint density at radius 3 is 2.42 bits per heavy atom. The molecule has 3 aromatic rings. The second-order valence-electron chi connectivity index (χ2n) is 7.99. The number of rotatable bonds is 6. The van der Waals surface area contributed by atoms with Gasteiger partial charge in [0.2, 0.25) is 0 Å². The van der Waals surface area contributed by atoms with Crippen molar-refractivity contribution in [1.29, 1.82) is 0 Å². The predicted molar refractivity (Wildman–Crippen MR) is 120 cm³/mol. The number of hydrogen-bond donors (Lipinski definition) is 0. The third-order valence-electron chi connectivity index (χ3n) is 5.50. The molecule has 1 fully saturated rings. The topological polar surface area (TPSA) is 83.7 Å². The lowest BCUT2D eigenvalue weighted by Crippen LogP contribution is -2.40. The van der Waals surface area contributed by atoms with Gasteiger partial charge in [0, 0.05) is 44.0 Å². The van der Waals surface area contributed by atoms with E-state index in [1.165, 1.54) is 0 Å². The standard InChI is InChI=1S/C23H25N3O4S/c1-25(2)19-10-8-17(9-11-19)15-26(20-12-13-31(28,29)16-20)23(27)21-14-22(30-24-21)18-6-4-3-5-7-18/h3-11,14,20H,12-13,15-16H2,1-2H3/t20-/m0/s1. The van der Waals surface area contributed by atoms with Crippen LogP contribution in [0.2, 0.25) is 0 Å². The van der Waals surface area contributed by atoms with E-state index < -0.39 is 9.84 Å². The molecule has 4 rings (SSSR count). The molecular formula is C23H25N3O4S. The highest BCUT2D eigenvalue weighted by molar-refractivity contribution is 7.91. The molecule has 0 spiro atoms. The predicted octanol–water partition coefficient (Wildman–Crippen LogP) is 3.24. The fourth-order valence-corrected chi connectivity index (χ4v) is 5.48. The van der Waals surface area contributed by atoms with Gasteiger partial charge in [-0.05, 0) is 24.1 Å². The molecule has 1 saturated heterocycles. The molecule has 0 radical (unpaired) electrons. The summed E-state index contributed by atoms with van der Waals surface area (Å²) in [6, 6.07) is 18.5. The zero-order valence-corrected chi connectivity index (χ0v) is 18.4. The van der Waals surface area contributed by atoms with Crippen molar-refractivity contribution in [3.8, 4) is 11.3 Å². The molecular weight excluding hydrogens is 414 g/mol. The Hall–Kier alpha value is -3.13. The van der Waals surface area contributed by atoms with E-state index in [9.17, 15) is 13.2 Å². The highest BCUT2D eigenvalue weighted by atomic mass is 32.2. The van der Waals surface area contributed by atoms with Gasteiger partial charge in [-0.25, -0.2) is 8.42 Å². The maximum absolute atomic E-state index is 13.4. The van der Waals surface area contributed by atoms with Crippen LogP contribution in [0.15, 0.2) is 65.2 Å². The average molecular weight is 440 g/mol. The Bertz CT molecular complexity index is 1160. The molecule has 1 amide bonds. The largest absolute Gasteiger partial charge is 0.378 e. The summed E-state index contributed by atoms with van der Waals surface area (Å²) in [6.07, 6.45) is 0.424. The van der Waals surface area contributed by atoms with Gasteiger partial charge in [0.05, 0.1) is 11.5 Å². The van der Waals surface area contributed by atoms with Crippen molar-refractivity contribution in [3.63, 3.8) is 0 Å². The first kappa shape index (κ1) is 21.1. The molecule has 0 aliphatic carbocycles. The Kier molecular flexibility index (Phi) is 5.82. The zero-order chi connectivity index (χ0) is 22.0. The van der Waals surface area contributed by atoms with Crippen LogP contribution in [-0.2, 0) is 16.4 Å². The van der Waals surface area contributed by atoms with Crippen molar-refractivity contribution in [2.75, 3.05) is 30.5 Å². The highest BCUT2D eigenvalue weighted by Gasteiger charge is 2.36. The third-order valence-corrected chi connectivity index (χ3v) is 7.25. The van der Waals surface area contributed by atoms with E-state index in [-0.39, 0.29) is 29.1 Å². The van der Waals surface area contributed by atoms with Crippen molar-refractivity contribution in [2.24, 2.45) is 0 Å². The first-order chi connectivity index (χ1) is 14.8. The summed E-state index contributed by atoms with van der Waals surface area (Å²) >= 11 is 0. The van der Waals surface area contributed by atoms with Gasteiger partial charge in [-0.3, -0.25) is 4.79 Å². The molecule has 0 bridgehead atoms. The van der Waals surface area contributed by atoms with Crippen LogP contribution in [0.4, 0.5) is 5.69 Å². The molecule has 0 unspecified atom stereocenters. The summed E-state index contributed by atoms with van der Waals surface area (Å²) in [7, 11) is 0.774. The molecule has 2 heterocycles. The maximum atomic E-state index is 13.4. The van der Waals surface area contributed by atoms with Gasteiger partial charge in [0.15, 0.2) is 21.3 Å². The molecule has 1 atom stereocenters. The van der Waals surface area contributed by atoms with Gasteiger partial charge in [-0.2, -0.15) is 0 Å². The maximum Gasteiger partial charge on any atom is 0.276 e. The number of anilines is 1. The van der Waals surface area contributed by atoms with Gasteiger partial charge >= 0.3 is 0 Å². The van der Waals surface area contributed by atoms with E-state index in [0.717, 1.165) is 16.8 Å². The highest BCUT2D eigenvalue weighted by Crippen LogP contribution is 2.25. The summed E-state index contributed by atoms with van der Waals surface area (Å²) < 4.78 is 29.6. The average Bonchev–Trinajstić information content (AvgIpc) is 3.39. The van der Waals surface area contributed by atoms with Gasteiger partial charge in [0.25, 0.3) is 5.91 Å². The molecule has 1 aliphatic heterocycles. The number of carbonyl (C=O) groups is 1. The molecule has 7 nitrogen and oxygen atoms in total. The van der Waals surface area contributed by atoms with E-state index in [2.05, 4.69) is 5.16 Å². The minimum atomic E-state index is -3.15. The van der Waals surface area contributed by atoms with Crippen LogP contribution in [0.5, 0.6) is 0 Å². The van der Waals surface area contributed by atoms with Crippen molar-refractivity contribution < 1.29 is 17.7 Å². The number of amides is 1. The minimum absolute atomic E-state index is 0.0298. The van der Waals surface area contributed by atoms with Gasteiger partial charge < -0.3 is 14.3 Å². The summed E-state index contributed by atoms with van der Waals surface area (Å²) in [5.41, 5.74) is 2.97. The summed E-state index contributed by atoms with van der Waals surface area (Å²) in [5.74, 6) is 0.232. The lowest BCUT2D eigenvalue weighted by Gasteiger charge is -2.27. The van der Waals surface area contributed by atoms with Crippen molar-refractivity contribution in [2.45, 2.75) is 19.0 Å². The first-order valence-electron chi connectivity index (χ1n) is 10.1. The Balaban J connectivity index is 1.61. The lowest BCUT2D eigenvalue weighted by molar-refractivity contribution is 0.0670. The van der Waals surface area contributed by atoms with Crippen LogP contribution in [0.25, 0.3) is 11.3 Å². The van der Waals surface area contributed by atoms with E-state index in [0.29, 0.717) is 18.7 Å². The second kappa shape index (κ2) is 8.55. The quantitative estimate of drug-likeness (QED) is 0.586. The number of hydrogen-bond acceptors (Lipinski definition) is 6. The van der Waals surface area contributed by atoms with Crippen LogP contribution in [-0.4, -0.2) is 56.0 Å². The normalized spacial score (nSPS) is 17.4. The van der Waals surface area contributed by atoms with Gasteiger partial charge in [-0.1, -0.05) is 47.6 Å². The monoisotopic (exact) mass is 439 g/mol. The van der Waals surface area contributed by atoms with Crippen molar-refractivity contribution in [3.05, 3.63) is 71.9 Å². The number of benzene rings is 2. The van der Waals surface area contributed by atoms with Crippen molar-refractivity contribution in [1.82, 2.24) is 10.1 Å². The molecule has 1 aliphatic rings. The van der Waals surface area contributed by atoms with Crippen LogP contribution in [0.1, 0.15) is 22.5 Å². The van der Waals surface area contributed by atoms with Crippen LogP contribution in [0.3, 0.4) is 0 Å². The van der Waals surface area contributed by atoms with Crippen LogP contribution >= 0.6 is 0 Å². The molecule has 2 aromatic carbocycles. The van der Waals surface area contributed by atoms with Crippen LogP contribution in [0, 0.1) is 0 Å². The second-order valence-corrected chi connectivity index (χ2v) is 10.2. The fraction of sp³-hybridized carbons (Fsp3) is 0.304. The fourth-order valence-electron chi connectivity index (χ4n) is 3.75. The molecule has 0 saturated carbocycles. The molecule has 31 heavy (non-hydrogen) atoms. The summed E-state index contributed by atoms with van der Waals surface area (Å²) in [5, 5.41) is 3.98. The third kappa shape index (κ3) is 4.80. The molecule has 162 valence electrons. The van der Waals surface area contributed by atoms with Gasteiger partial charge in [0.1, 0.15) is 0 Å². The van der Waals surface area contributed by atoms with Crippen LogP contribution < -0.4 is 4.90 Å². The lowest BCUT2D eigenvalue weighted by atomic mass is 10.1. The summed E-state index contributed by atoms with van der Waals surface area (Å²) in [6.45, 7) is 0.306. The Labute approximate surface area is 182 Å². The zero-order valence-electron chi connectivity index (χ0n) is 17.6. The van der Waals surface area contributed by atoms with E-state index in [1.807, 2.05) is 73.6 Å². The Morgan fingerprint density at radius 1 is 1.10 bits per heavy atom. The Morgan fingerprint density at radius 2 is 1.81 bits per heavy atom. The summed E-state index contributed by atoms with van der Waals surface area (Å²) in [4.78, 5) is 17.0. The first-order valence-corrected chi connectivity index (χ1v) is 11.9. The molecule has 1 aromatic heterocycles.